The van der Waals surface area contributed by atoms with Crippen molar-refractivity contribution in [2.75, 3.05) is 5.32 Å². The fraction of sp³-hybridized carbons (Fsp3) is 0.243. The molecule has 1 amide bonds. The SMILES string of the molecule is CC(C)c1c(C(=O)Nc2ccccc2)c(-c2ccccc2)c(-c2ccc(F)cc2)n1CCC(O)CC(O)CC(=O)O.O=C(O)/C=C\C(=O)O. The van der Waals surface area contributed by atoms with Gasteiger partial charge in [0.05, 0.1) is 29.9 Å². The van der Waals surface area contributed by atoms with E-state index in [2.05, 4.69) is 5.32 Å². The first kappa shape index (κ1) is 37.9. The highest BCUT2D eigenvalue weighted by atomic mass is 19.1. The van der Waals surface area contributed by atoms with Crippen molar-refractivity contribution < 1.29 is 49.1 Å². The number of nitrogens with zero attached hydrogens (tertiary/aromatic N) is 1. The molecule has 0 aliphatic heterocycles. The van der Waals surface area contributed by atoms with Gasteiger partial charge in [0.1, 0.15) is 5.82 Å². The van der Waals surface area contributed by atoms with Gasteiger partial charge in [-0.1, -0.05) is 62.4 Å². The number of carbonyl (C=O) groups is 4. The van der Waals surface area contributed by atoms with E-state index in [0.29, 0.717) is 40.2 Å². The molecule has 0 fully saturated rings. The number of benzene rings is 3. The second-order valence-electron chi connectivity index (χ2n) is 11.4. The minimum absolute atomic E-state index is 0.0939. The first-order valence-corrected chi connectivity index (χ1v) is 15.4. The predicted molar refractivity (Wildman–Crippen MR) is 182 cm³/mol. The summed E-state index contributed by atoms with van der Waals surface area (Å²) in [6.45, 7) is 4.25. The third-order valence-electron chi connectivity index (χ3n) is 7.30. The van der Waals surface area contributed by atoms with Gasteiger partial charge in [-0.3, -0.25) is 9.59 Å². The van der Waals surface area contributed by atoms with E-state index in [0.717, 1.165) is 11.3 Å². The number of amides is 1. The molecule has 0 spiro atoms. The zero-order chi connectivity index (χ0) is 36.1. The van der Waals surface area contributed by atoms with Crippen LogP contribution in [0.2, 0.25) is 0 Å². The molecule has 11 nitrogen and oxygen atoms in total. The Labute approximate surface area is 282 Å². The lowest BCUT2D eigenvalue weighted by molar-refractivity contribution is -0.139. The molecule has 12 heteroatoms. The Balaban J connectivity index is 0.000000723. The Morgan fingerprint density at radius 2 is 1.33 bits per heavy atom. The van der Waals surface area contributed by atoms with Gasteiger partial charge in [-0.25, -0.2) is 14.0 Å². The number of carboxylic acid groups (broad SMARTS) is 3. The molecule has 6 N–H and O–H groups in total. The van der Waals surface area contributed by atoms with E-state index in [9.17, 15) is 33.8 Å². The third-order valence-corrected chi connectivity index (χ3v) is 7.30. The Hall–Kier alpha value is -5.59. The van der Waals surface area contributed by atoms with E-state index in [1.165, 1.54) is 12.1 Å². The summed E-state index contributed by atoms with van der Waals surface area (Å²) in [5, 5.41) is 48.4. The average Bonchev–Trinajstić information content (AvgIpc) is 3.39. The fourth-order valence-corrected chi connectivity index (χ4v) is 5.35. The van der Waals surface area contributed by atoms with Gasteiger partial charge in [-0.05, 0) is 66.3 Å². The zero-order valence-corrected chi connectivity index (χ0v) is 27.0. The number of halogens is 1. The van der Waals surface area contributed by atoms with Gasteiger partial charge in [-0.15, -0.1) is 0 Å². The van der Waals surface area contributed by atoms with Crippen molar-refractivity contribution in [3.05, 3.63) is 114 Å². The second-order valence-corrected chi connectivity index (χ2v) is 11.4. The van der Waals surface area contributed by atoms with Crippen molar-refractivity contribution in [2.24, 2.45) is 0 Å². The molecule has 4 aromatic rings. The van der Waals surface area contributed by atoms with Crippen LogP contribution in [0.1, 0.15) is 55.1 Å². The van der Waals surface area contributed by atoms with Crippen molar-refractivity contribution >= 4 is 29.5 Å². The van der Waals surface area contributed by atoms with Gasteiger partial charge in [0.2, 0.25) is 0 Å². The summed E-state index contributed by atoms with van der Waals surface area (Å²) in [6, 6.07) is 24.8. The molecular weight excluding hydrogens is 635 g/mol. The Morgan fingerprint density at radius 3 is 1.84 bits per heavy atom. The van der Waals surface area contributed by atoms with E-state index < -0.39 is 36.5 Å². The minimum atomic E-state index is -1.26. The summed E-state index contributed by atoms with van der Waals surface area (Å²) in [6.07, 6.45) is -1.39. The molecular formula is C37H39FN2O9. The normalized spacial score (nSPS) is 12.2. The van der Waals surface area contributed by atoms with Gasteiger partial charge in [-0.2, -0.15) is 0 Å². The van der Waals surface area contributed by atoms with Crippen LogP contribution in [0.15, 0.2) is 97.1 Å². The predicted octanol–water partition coefficient (Wildman–Crippen LogP) is 6.03. The summed E-state index contributed by atoms with van der Waals surface area (Å²) in [5.41, 5.74) is 4.77. The number of aliphatic hydroxyl groups is 2. The monoisotopic (exact) mass is 674 g/mol. The van der Waals surface area contributed by atoms with Crippen LogP contribution in [0, 0.1) is 5.82 Å². The standard InChI is InChI=1S/C33H35FN2O5.C4H4O4/c1-21(2)31-30(33(41)35-25-11-7-4-8-12-25)29(22-9-5-3-6-10-22)32(23-13-15-24(34)16-14-23)36(31)18-17-26(37)19-27(38)20-28(39)40;5-3(6)1-2-4(7)8/h3-16,21,26-27,37-38H,17-20H2,1-2H3,(H,35,41)(H,39,40);1-2H,(H,5,6)(H,7,8)/b;2-1-. The quantitative estimate of drug-likeness (QED) is 0.0869. The molecule has 0 aliphatic rings. The summed E-state index contributed by atoms with van der Waals surface area (Å²) in [5.74, 6) is -4.45. The number of carbonyl (C=O) groups excluding carboxylic acids is 1. The molecule has 0 aliphatic carbocycles. The van der Waals surface area contributed by atoms with E-state index >= 15 is 0 Å². The summed E-state index contributed by atoms with van der Waals surface area (Å²) < 4.78 is 16.0. The number of anilines is 1. The maximum Gasteiger partial charge on any atom is 0.328 e. The van der Waals surface area contributed by atoms with Crippen LogP contribution >= 0.6 is 0 Å². The van der Waals surface area contributed by atoms with Crippen LogP contribution in [0.25, 0.3) is 22.4 Å². The van der Waals surface area contributed by atoms with E-state index in [1.807, 2.05) is 79.1 Å². The second kappa shape index (κ2) is 18.1. The van der Waals surface area contributed by atoms with Gasteiger partial charge in [0.25, 0.3) is 5.91 Å². The number of aliphatic carboxylic acids is 3. The maximum atomic E-state index is 14.0. The molecule has 0 bridgehead atoms. The van der Waals surface area contributed by atoms with Gasteiger partial charge >= 0.3 is 17.9 Å². The Kier molecular flexibility index (Phi) is 14.0. The van der Waals surface area contributed by atoms with Crippen LogP contribution < -0.4 is 5.32 Å². The first-order chi connectivity index (χ1) is 23.3. The number of aromatic nitrogens is 1. The van der Waals surface area contributed by atoms with Crippen LogP contribution in [0.5, 0.6) is 0 Å². The molecule has 1 aromatic heterocycles. The maximum absolute atomic E-state index is 14.0. The smallest absolute Gasteiger partial charge is 0.328 e. The molecule has 0 saturated carbocycles. The molecule has 3 aromatic carbocycles. The molecule has 258 valence electrons. The third kappa shape index (κ3) is 11.3. The lowest BCUT2D eigenvalue weighted by Gasteiger charge is -2.20. The van der Waals surface area contributed by atoms with Crippen LogP contribution in [-0.2, 0) is 20.9 Å². The lowest BCUT2D eigenvalue weighted by atomic mass is 9.94. The largest absolute Gasteiger partial charge is 0.481 e. The van der Waals surface area contributed by atoms with E-state index in [1.54, 1.807) is 12.1 Å². The minimum Gasteiger partial charge on any atom is -0.481 e. The van der Waals surface area contributed by atoms with Crippen LogP contribution in [-0.4, -0.2) is 66.1 Å². The summed E-state index contributed by atoms with van der Waals surface area (Å²) in [7, 11) is 0. The van der Waals surface area contributed by atoms with Gasteiger partial charge in [0.15, 0.2) is 0 Å². The molecule has 1 heterocycles. The van der Waals surface area contributed by atoms with Crippen molar-refractivity contribution in [1.82, 2.24) is 4.57 Å². The molecule has 49 heavy (non-hydrogen) atoms. The zero-order valence-electron chi connectivity index (χ0n) is 27.0. The van der Waals surface area contributed by atoms with Crippen molar-refractivity contribution in [1.29, 1.82) is 0 Å². The van der Waals surface area contributed by atoms with Crippen LogP contribution in [0.4, 0.5) is 10.1 Å². The molecule has 2 atom stereocenters. The van der Waals surface area contributed by atoms with E-state index in [-0.39, 0.29) is 37.0 Å². The van der Waals surface area contributed by atoms with Gasteiger partial charge < -0.3 is 35.4 Å². The number of para-hydroxylation sites is 1. The summed E-state index contributed by atoms with van der Waals surface area (Å²) in [4.78, 5) is 44.1. The van der Waals surface area contributed by atoms with Crippen molar-refractivity contribution in [2.45, 2.75) is 57.8 Å². The Morgan fingerprint density at radius 1 is 0.776 bits per heavy atom. The number of hydrogen-bond donors (Lipinski definition) is 6. The van der Waals surface area contributed by atoms with Gasteiger partial charge in [0, 0.05) is 35.6 Å². The first-order valence-electron chi connectivity index (χ1n) is 15.4. The number of carboxylic acids is 3. The van der Waals surface area contributed by atoms with Crippen molar-refractivity contribution in [3.8, 4) is 22.4 Å². The topological polar surface area (TPSA) is 186 Å². The number of aliphatic hydroxyl groups excluding tert-OH is 2. The highest BCUT2D eigenvalue weighted by molar-refractivity contribution is 6.12. The number of hydrogen-bond acceptors (Lipinski definition) is 6. The number of rotatable bonds is 14. The Bertz CT molecular complexity index is 1740. The lowest BCUT2D eigenvalue weighted by Crippen LogP contribution is -2.22. The summed E-state index contributed by atoms with van der Waals surface area (Å²) >= 11 is 0. The molecule has 2 unspecified atom stereocenters. The van der Waals surface area contributed by atoms with E-state index in [4.69, 9.17) is 15.3 Å². The molecule has 0 radical (unpaired) electrons. The van der Waals surface area contributed by atoms with Crippen LogP contribution in [0.3, 0.4) is 0 Å². The van der Waals surface area contributed by atoms with Crippen molar-refractivity contribution in [3.63, 3.8) is 0 Å². The molecule has 0 saturated heterocycles. The number of nitrogens with one attached hydrogen (secondary N) is 1. The fourth-order valence-electron chi connectivity index (χ4n) is 5.35. The average molecular weight is 675 g/mol. The highest BCUT2D eigenvalue weighted by Crippen LogP contribution is 2.42. The highest BCUT2D eigenvalue weighted by Gasteiger charge is 2.31. The molecule has 4 rings (SSSR count).